The molecule has 15 heavy (non-hydrogen) atoms. The molecular weight excluding hydrogens is 233 g/mol. The third kappa shape index (κ3) is 1.61. The second-order valence-electron chi connectivity index (χ2n) is 3.80. The molecule has 2 rings (SSSR count). The number of nitriles is 1. The topological polar surface area (TPSA) is 44.0 Å². The third-order valence-corrected chi connectivity index (χ3v) is 3.70. The fourth-order valence-electron chi connectivity index (χ4n) is 1.88. The van der Waals surface area contributed by atoms with Gasteiger partial charge in [0.25, 0.3) is 0 Å². The largest absolute Gasteiger partial charge is 0.396 e. The first-order valence-corrected chi connectivity index (χ1v) is 5.37. The molecule has 0 spiro atoms. The van der Waals surface area contributed by atoms with Gasteiger partial charge in [-0.3, -0.25) is 0 Å². The van der Waals surface area contributed by atoms with Gasteiger partial charge in [-0.1, -0.05) is 29.3 Å². The van der Waals surface area contributed by atoms with Gasteiger partial charge in [0, 0.05) is 12.5 Å². The van der Waals surface area contributed by atoms with E-state index in [0.717, 1.165) is 5.56 Å². The quantitative estimate of drug-likeness (QED) is 0.866. The highest BCUT2D eigenvalue weighted by atomic mass is 35.5. The van der Waals surface area contributed by atoms with Gasteiger partial charge in [-0.15, -0.1) is 0 Å². The van der Waals surface area contributed by atoms with Crippen LogP contribution in [-0.2, 0) is 5.41 Å². The number of rotatable bonds is 2. The Morgan fingerprint density at radius 1 is 1.47 bits per heavy atom. The van der Waals surface area contributed by atoms with Crippen molar-refractivity contribution in [1.29, 1.82) is 5.26 Å². The van der Waals surface area contributed by atoms with Crippen LogP contribution < -0.4 is 0 Å². The molecule has 1 fully saturated rings. The van der Waals surface area contributed by atoms with E-state index in [1.165, 1.54) is 0 Å². The minimum Gasteiger partial charge on any atom is -0.396 e. The highest BCUT2D eigenvalue weighted by molar-refractivity contribution is 6.42. The highest BCUT2D eigenvalue weighted by Crippen LogP contribution is 2.54. The Bertz CT molecular complexity index is 441. The van der Waals surface area contributed by atoms with Gasteiger partial charge in [-0.05, 0) is 24.1 Å². The van der Waals surface area contributed by atoms with E-state index in [0.29, 0.717) is 16.5 Å². The average Bonchev–Trinajstić information content (AvgIpc) is 2.97. The zero-order valence-corrected chi connectivity index (χ0v) is 9.39. The molecule has 4 heteroatoms. The van der Waals surface area contributed by atoms with E-state index in [2.05, 4.69) is 6.07 Å². The molecule has 0 unspecified atom stereocenters. The third-order valence-electron chi connectivity index (χ3n) is 2.96. The van der Waals surface area contributed by atoms with Crippen molar-refractivity contribution in [2.75, 3.05) is 6.61 Å². The number of nitrogens with zero attached hydrogens (tertiary/aromatic N) is 1. The lowest BCUT2D eigenvalue weighted by molar-refractivity contribution is 0.269. The van der Waals surface area contributed by atoms with E-state index in [-0.39, 0.29) is 12.5 Å². The van der Waals surface area contributed by atoms with Crippen LogP contribution in [0.3, 0.4) is 0 Å². The van der Waals surface area contributed by atoms with Gasteiger partial charge in [0.1, 0.15) is 0 Å². The van der Waals surface area contributed by atoms with Gasteiger partial charge in [0.05, 0.1) is 21.5 Å². The van der Waals surface area contributed by atoms with Crippen molar-refractivity contribution in [2.24, 2.45) is 5.92 Å². The predicted molar refractivity (Wildman–Crippen MR) is 58.9 cm³/mol. The van der Waals surface area contributed by atoms with Crippen molar-refractivity contribution in [3.05, 3.63) is 33.8 Å². The summed E-state index contributed by atoms with van der Waals surface area (Å²) in [6.45, 7) is 0.0355. The van der Waals surface area contributed by atoms with E-state index in [9.17, 15) is 0 Å². The van der Waals surface area contributed by atoms with Gasteiger partial charge < -0.3 is 5.11 Å². The first kappa shape index (κ1) is 10.8. The molecule has 1 aliphatic carbocycles. The van der Waals surface area contributed by atoms with Crippen LogP contribution in [0.15, 0.2) is 18.2 Å². The minimum atomic E-state index is -0.553. The van der Waals surface area contributed by atoms with Crippen LogP contribution in [0.5, 0.6) is 0 Å². The molecule has 0 aliphatic heterocycles. The number of halogens is 2. The Morgan fingerprint density at radius 3 is 2.67 bits per heavy atom. The molecule has 2 nitrogen and oxygen atoms in total. The maximum atomic E-state index is 9.13. The molecule has 2 atom stereocenters. The van der Waals surface area contributed by atoms with E-state index in [4.69, 9.17) is 33.6 Å². The number of hydrogen-bond acceptors (Lipinski definition) is 2. The lowest BCUT2D eigenvalue weighted by Crippen LogP contribution is -2.09. The molecule has 78 valence electrons. The first-order valence-electron chi connectivity index (χ1n) is 4.61. The van der Waals surface area contributed by atoms with Gasteiger partial charge in [0.15, 0.2) is 0 Å². The number of aliphatic hydroxyl groups is 1. The molecule has 0 heterocycles. The fourth-order valence-corrected chi connectivity index (χ4v) is 2.18. The van der Waals surface area contributed by atoms with Crippen molar-refractivity contribution in [3.63, 3.8) is 0 Å². The van der Waals surface area contributed by atoms with Crippen LogP contribution >= 0.6 is 23.2 Å². The van der Waals surface area contributed by atoms with Crippen molar-refractivity contribution >= 4 is 23.2 Å². The Labute approximate surface area is 98.0 Å². The summed E-state index contributed by atoms with van der Waals surface area (Å²) in [5.74, 6) is 0.0275. The Kier molecular flexibility index (Phi) is 2.64. The standard InChI is InChI=1S/C11H9Cl2NO/c12-9-2-1-7(3-10(9)13)11(6-14)4-8(11)5-15/h1-3,8,15H,4-5H2/t8-,11+/m1/s1. The van der Waals surface area contributed by atoms with Gasteiger partial charge in [0.2, 0.25) is 0 Å². The normalized spacial score (nSPS) is 28.5. The summed E-state index contributed by atoms with van der Waals surface area (Å²) in [6.07, 6.45) is 0.692. The highest BCUT2D eigenvalue weighted by Gasteiger charge is 2.55. The fraction of sp³-hybridized carbons (Fsp3) is 0.364. The molecule has 1 aliphatic rings. The summed E-state index contributed by atoms with van der Waals surface area (Å²) in [4.78, 5) is 0. The second kappa shape index (κ2) is 3.68. The van der Waals surface area contributed by atoms with E-state index >= 15 is 0 Å². The maximum Gasteiger partial charge on any atom is 0.0877 e. The van der Waals surface area contributed by atoms with Gasteiger partial charge in [-0.25, -0.2) is 0 Å². The summed E-state index contributed by atoms with van der Waals surface area (Å²) >= 11 is 11.7. The molecule has 1 N–H and O–H groups in total. The predicted octanol–water partition coefficient (Wildman–Crippen LogP) is 2.77. The van der Waals surface area contributed by atoms with Crippen molar-refractivity contribution in [2.45, 2.75) is 11.8 Å². The SMILES string of the molecule is N#C[C@]1(c2ccc(Cl)c(Cl)c2)C[C@@H]1CO. The molecule has 0 radical (unpaired) electrons. The average molecular weight is 242 g/mol. The van der Waals surface area contributed by atoms with Crippen LogP contribution in [0, 0.1) is 17.2 Å². The van der Waals surface area contributed by atoms with Crippen LogP contribution in [0.1, 0.15) is 12.0 Å². The van der Waals surface area contributed by atoms with Crippen LogP contribution in [0.4, 0.5) is 0 Å². The number of benzene rings is 1. The van der Waals surface area contributed by atoms with Crippen LogP contribution in [0.2, 0.25) is 10.0 Å². The molecule has 0 bridgehead atoms. The molecule has 0 saturated heterocycles. The zero-order chi connectivity index (χ0) is 11.1. The molecular formula is C11H9Cl2NO. The molecule has 0 aromatic heterocycles. The molecule has 1 aromatic carbocycles. The summed E-state index contributed by atoms with van der Waals surface area (Å²) in [5, 5.41) is 19.1. The molecule has 1 saturated carbocycles. The summed E-state index contributed by atoms with van der Waals surface area (Å²) in [7, 11) is 0. The Balaban J connectivity index is 2.39. The second-order valence-corrected chi connectivity index (χ2v) is 4.61. The molecule has 1 aromatic rings. The minimum absolute atomic E-state index is 0.0275. The first-order chi connectivity index (χ1) is 7.14. The van der Waals surface area contributed by atoms with Crippen molar-refractivity contribution in [1.82, 2.24) is 0 Å². The maximum absolute atomic E-state index is 9.13. The zero-order valence-electron chi connectivity index (χ0n) is 7.87. The molecule has 0 amide bonds. The number of aliphatic hydroxyl groups excluding tert-OH is 1. The smallest absolute Gasteiger partial charge is 0.0877 e. The lowest BCUT2D eigenvalue weighted by atomic mass is 9.95. The monoisotopic (exact) mass is 241 g/mol. The Hall–Kier alpha value is -0.750. The summed E-state index contributed by atoms with van der Waals surface area (Å²) in [5.41, 5.74) is 0.293. The van der Waals surface area contributed by atoms with E-state index in [1.807, 2.05) is 0 Å². The number of hydrogen-bond donors (Lipinski definition) is 1. The lowest BCUT2D eigenvalue weighted by Gasteiger charge is -2.09. The Morgan fingerprint density at radius 2 is 2.20 bits per heavy atom. The van der Waals surface area contributed by atoms with Crippen molar-refractivity contribution < 1.29 is 5.11 Å². The van der Waals surface area contributed by atoms with Gasteiger partial charge in [-0.2, -0.15) is 5.26 Å². The van der Waals surface area contributed by atoms with Crippen LogP contribution in [-0.4, -0.2) is 11.7 Å². The van der Waals surface area contributed by atoms with E-state index < -0.39 is 5.41 Å². The summed E-state index contributed by atoms with van der Waals surface area (Å²) in [6, 6.07) is 7.45. The van der Waals surface area contributed by atoms with E-state index in [1.54, 1.807) is 18.2 Å². The summed E-state index contributed by atoms with van der Waals surface area (Å²) < 4.78 is 0. The van der Waals surface area contributed by atoms with Crippen LogP contribution in [0.25, 0.3) is 0 Å². The van der Waals surface area contributed by atoms with Crippen molar-refractivity contribution in [3.8, 4) is 6.07 Å². The van der Waals surface area contributed by atoms with Gasteiger partial charge >= 0.3 is 0 Å².